The molecule has 1 saturated carbocycles. The Morgan fingerprint density at radius 2 is 2.25 bits per heavy atom. The molecule has 130 valence electrons. The number of oxime groups is 1. The highest BCUT2D eigenvalue weighted by atomic mass is 16.5. The maximum Gasteiger partial charge on any atom is 0.119 e. The van der Waals surface area contributed by atoms with Gasteiger partial charge in [0.15, 0.2) is 0 Å². The van der Waals surface area contributed by atoms with Crippen molar-refractivity contribution in [2.45, 2.75) is 50.5 Å². The summed E-state index contributed by atoms with van der Waals surface area (Å²) in [5, 5.41) is 12.4. The molecule has 3 atom stereocenters. The van der Waals surface area contributed by atoms with Gasteiger partial charge in [-0.1, -0.05) is 13.0 Å². The molecule has 24 heavy (non-hydrogen) atoms. The number of methoxy groups -OCH3 is 1. The predicted octanol–water partition coefficient (Wildman–Crippen LogP) is 3.46. The van der Waals surface area contributed by atoms with Gasteiger partial charge in [0.2, 0.25) is 0 Å². The van der Waals surface area contributed by atoms with Crippen molar-refractivity contribution in [2.75, 3.05) is 20.2 Å². The molecule has 1 aliphatic heterocycles. The lowest BCUT2D eigenvalue weighted by Gasteiger charge is -2.56. The third-order valence-electron chi connectivity index (χ3n) is 6.77. The molecule has 1 aromatic carbocycles. The van der Waals surface area contributed by atoms with Crippen molar-refractivity contribution in [3.8, 4) is 5.75 Å². The van der Waals surface area contributed by atoms with Gasteiger partial charge in [0.25, 0.3) is 0 Å². The molecule has 2 bridgehead atoms. The number of hydrogen-bond donors (Lipinski definition) is 1. The van der Waals surface area contributed by atoms with Crippen LogP contribution in [0.4, 0.5) is 0 Å². The zero-order valence-corrected chi connectivity index (χ0v) is 14.7. The van der Waals surface area contributed by atoms with Crippen molar-refractivity contribution in [1.29, 1.82) is 0 Å². The fraction of sp³-hybridized carbons (Fsp3) is 0.650. The Balaban J connectivity index is 1.74. The quantitative estimate of drug-likeness (QED) is 0.511. The summed E-state index contributed by atoms with van der Waals surface area (Å²) in [6.07, 6.45) is 7.58. The SMILES string of the molecule is COc1ccc2c(c1)[C@]1(C/C=N\O)CCN(CC3CC3)[C@H](C2)[C@@H]1C. The number of ether oxygens (including phenoxy) is 1. The van der Waals surface area contributed by atoms with Crippen LogP contribution in [-0.2, 0) is 11.8 Å². The van der Waals surface area contributed by atoms with Crippen LogP contribution in [0.3, 0.4) is 0 Å². The van der Waals surface area contributed by atoms with Gasteiger partial charge >= 0.3 is 0 Å². The van der Waals surface area contributed by atoms with Crippen LogP contribution >= 0.6 is 0 Å². The molecular formula is C20H28N2O2. The van der Waals surface area contributed by atoms with Gasteiger partial charge in [-0.05, 0) is 73.7 Å². The van der Waals surface area contributed by atoms with Gasteiger partial charge < -0.3 is 9.94 Å². The maximum absolute atomic E-state index is 9.04. The first-order valence-corrected chi connectivity index (χ1v) is 9.25. The van der Waals surface area contributed by atoms with Gasteiger partial charge in [-0.15, -0.1) is 5.16 Å². The van der Waals surface area contributed by atoms with E-state index in [-0.39, 0.29) is 5.41 Å². The summed E-state index contributed by atoms with van der Waals surface area (Å²) in [4.78, 5) is 2.74. The van der Waals surface area contributed by atoms with Crippen molar-refractivity contribution >= 4 is 6.21 Å². The lowest BCUT2D eigenvalue weighted by molar-refractivity contribution is 0.0232. The first kappa shape index (κ1) is 15.9. The Bertz CT molecular complexity index is 641. The molecule has 1 heterocycles. The van der Waals surface area contributed by atoms with Crippen LogP contribution in [0.2, 0.25) is 0 Å². The molecule has 1 aromatic rings. The molecule has 4 nitrogen and oxygen atoms in total. The molecule has 4 rings (SSSR count). The molecule has 0 unspecified atom stereocenters. The molecule has 0 radical (unpaired) electrons. The number of nitrogens with zero attached hydrogens (tertiary/aromatic N) is 2. The zero-order chi connectivity index (χ0) is 16.7. The monoisotopic (exact) mass is 328 g/mol. The highest BCUT2D eigenvalue weighted by molar-refractivity contribution is 5.61. The van der Waals surface area contributed by atoms with Crippen LogP contribution in [-0.4, -0.2) is 42.6 Å². The van der Waals surface area contributed by atoms with E-state index in [0.717, 1.165) is 37.5 Å². The Kier molecular flexibility index (Phi) is 4.03. The van der Waals surface area contributed by atoms with Crippen molar-refractivity contribution in [1.82, 2.24) is 4.90 Å². The Labute approximate surface area is 144 Å². The first-order valence-electron chi connectivity index (χ1n) is 9.25. The number of piperidine rings is 1. The van der Waals surface area contributed by atoms with Gasteiger partial charge in [-0.2, -0.15) is 0 Å². The standard InChI is InChI=1S/C20H28N2O2/c1-14-19-11-16-5-6-17(24-2)12-18(16)20(14,7-9-21-23)8-10-22(19)13-15-3-4-15/h5-6,9,12,14-15,19,23H,3-4,7-8,10-11,13H2,1-2H3/b21-9-/t14-,19+,20+/m0/s1. The topological polar surface area (TPSA) is 45.1 Å². The minimum atomic E-state index is 0.0685. The van der Waals surface area contributed by atoms with E-state index in [1.165, 1.54) is 30.5 Å². The smallest absolute Gasteiger partial charge is 0.119 e. The molecule has 0 aromatic heterocycles. The number of fused-ring (bicyclic) bond motifs is 4. The fourth-order valence-electron chi connectivity index (χ4n) is 5.12. The van der Waals surface area contributed by atoms with E-state index in [9.17, 15) is 0 Å². The van der Waals surface area contributed by atoms with Gasteiger partial charge in [-0.25, -0.2) is 0 Å². The second-order valence-corrected chi connectivity index (χ2v) is 7.93. The maximum atomic E-state index is 9.04. The summed E-state index contributed by atoms with van der Waals surface area (Å²) < 4.78 is 5.49. The van der Waals surface area contributed by atoms with Crippen LogP contribution in [0.15, 0.2) is 23.4 Å². The van der Waals surface area contributed by atoms with Crippen LogP contribution in [0.5, 0.6) is 5.75 Å². The number of hydrogen-bond acceptors (Lipinski definition) is 4. The molecule has 2 aliphatic carbocycles. The van der Waals surface area contributed by atoms with Crippen molar-refractivity contribution < 1.29 is 9.94 Å². The molecule has 4 heteroatoms. The van der Waals surface area contributed by atoms with E-state index in [1.807, 2.05) is 0 Å². The summed E-state index contributed by atoms with van der Waals surface area (Å²) in [5.74, 6) is 2.42. The third-order valence-corrected chi connectivity index (χ3v) is 6.77. The van der Waals surface area contributed by atoms with E-state index in [1.54, 1.807) is 13.3 Å². The van der Waals surface area contributed by atoms with Crippen LogP contribution in [0.1, 0.15) is 43.7 Å². The highest BCUT2D eigenvalue weighted by Crippen LogP contribution is 2.51. The minimum absolute atomic E-state index is 0.0685. The summed E-state index contributed by atoms with van der Waals surface area (Å²) >= 11 is 0. The van der Waals surface area contributed by atoms with Crippen molar-refractivity contribution in [3.05, 3.63) is 29.3 Å². The van der Waals surface area contributed by atoms with Gasteiger partial charge in [0, 0.05) is 24.2 Å². The molecule has 0 spiro atoms. The van der Waals surface area contributed by atoms with Crippen LogP contribution in [0.25, 0.3) is 0 Å². The predicted molar refractivity (Wildman–Crippen MR) is 95.1 cm³/mol. The Hall–Kier alpha value is -1.55. The van der Waals surface area contributed by atoms with Gasteiger partial charge in [0.05, 0.1) is 7.11 Å². The second-order valence-electron chi connectivity index (χ2n) is 7.93. The molecule has 1 N–H and O–H groups in total. The van der Waals surface area contributed by atoms with Gasteiger partial charge in [-0.3, -0.25) is 4.90 Å². The largest absolute Gasteiger partial charge is 0.497 e. The number of rotatable bonds is 5. The third kappa shape index (κ3) is 2.52. The van der Waals surface area contributed by atoms with Crippen molar-refractivity contribution in [2.24, 2.45) is 17.0 Å². The summed E-state index contributed by atoms with van der Waals surface area (Å²) in [6.45, 7) is 4.82. The number of likely N-dealkylation sites (tertiary alicyclic amines) is 1. The molecule has 0 amide bonds. The van der Waals surface area contributed by atoms with E-state index >= 15 is 0 Å². The summed E-state index contributed by atoms with van der Waals surface area (Å²) in [6, 6.07) is 7.17. The van der Waals surface area contributed by atoms with Gasteiger partial charge in [0.1, 0.15) is 5.75 Å². The first-order chi connectivity index (χ1) is 11.7. The van der Waals surface area contributed by atoms with E-state index in [2.05, 4.69) is 35.2 Å². The number of benzene rings is 1. The van der Waals surface area contributed by atoms with Crippen LogP contribution in [0, 0.1) is 11.8 Å². The summed E-state index contributed by atoms with van der Waals surface area (Å²) in [7, 11) is 1.73. The lowest BCUT2D eigenvalue weighted by atomic mass is 9.56. The summed E-state index contributed by atoms with van der Waals surface area (Å²) in [5.41, 5.74) is 2.93. The normalized spacial score (nSPS) is 32.8. The Morgan fingerprint density at radius 3 is 2.96 bits per heavy atom. The van der Waals surface area contributed by atoms with E-state index in [4.69, 9.17) is 9.94 Å². The average molecular weight is 328 g/mol. The van der Waals surface area contributed by atoms with E-state index < -0.39 is 0 Å². The van der Waals surface area contributed by atoms with Crippen LogP contribution < -0.4 is 4.74 Å². The zero-order valence-electron chi connectivity index (χ0n) is 14.7. The van der Waals surface area contributed by atoms with Crippen molar-refractivity contribution in [3.63, 3.8) is 0 Å². The molecular weight excluding hydrogens is 300 g/mol. The highest BCUT2D eigenvalue weighted by Gasteiger charge is 2.51. The molecule has 2 fully saturated rings. The average Bonchev–Trinajstić information content (AvgIpc) is 3.41. The fourth-order valence-corrected chi connectivity index (χ4v) is 5.12. The minimum Gasteiger partial charge on any atom is -0.497 e. The molecule has 1 saturated heterocycles. The lowest BCUT2D eigenvalue weighted by Crippen LogP contribution is -2.59. The molecule has 3 aliphatic rings. The van der Waals surface area contributed by atoms with E-state index in [0.29, 0.717) is 12.0 Å². The second kappa shape index (κ2) is 6.07. The Morgan fingerprint density at radius 1 is 1.42 bits per heavy atom.